The number of likely N-dealkylation sites (tertiary alicyclic amines) is 1. The molecule has 116 valence electrons. The SMILES string of the molecule is OCC1(c2ccc(F)cc2)CCC(N2CCCCC2)CC1. The van der Waals surface area contributed by atoms with Crippen LogP contribution in [-0.4, -0.2) is 35.7 Å². The van der Waals surface area contributed by atoms with Crippen LogP contribution >= 0.6 is 0 Å². The van der Waals surface area contributed by atoms with Crippen molar-refractivity contribution in [2.75, 3.05) is 19.7 Å². The van der Waals surface area contributed by atoms with Crippen LogP contribution in [0.3, 0.4) is 0 Å². The van der Waals surface area contributed by atoms with Gasteiger partial charge in [0, 0.05) is 11.5 Å². The highest BCUT2D eigenvalue weighted by molar-refractivity contribution is 5.27. The summed E-state index contributed by atoms with van der Waals surface area (Å²) < 4.78 is 13.1. The van der Waals surface area contributed by atoms with Crippen molar-refractivity contribution in [2.24, 2.45) is 0 Å². The molecule has 1 saturated heterocycles. The van der Waals surface area contributed by atoms with Crippen LogP contribution in [0.1, 0.15) is 50.5 Å². The molecule has 0 amide bonds. The summed E-state index contributed by atoms with van der Waals surface area (Å²) in [7, 11) is 0. The highest BCUT2D eigenvalue weighted by Crippen LogP contribution is 2.41. The monoisotopic (exact) mass is 291 g/mol. The molecule has 1 aliphatic carbocycles. The van der Waals surface area contributed by atoms with Crippen LogP contribution in [0.2, 0.25) is 0 Å². The summed E-state index contributed by atoms with van der Waals surface area (Å²) >= 11 is 0. The number of benzene rings is 1. The molecule has 0 unspecified atom stereocenters. The van der Waals surface area contributed by atoms with E-state index in [1.54, 1.807) is 0 Å². The molecule has 3 rings (SSSR count). The van der Waals surface area contributed by atoms with Crippen LogP contribution in [0.4, 0.5) is 4.39 Å². The maximum Gasteiger partial charge on any atom is 0.123 e. The van der Waals surface area contributed by atoms with E-state index in [1.165, 1.54) is 44.5 Å². The zero-order valence-corrected chi connectivity index (χ0v) is 12.7. The number of hydrogen-bond donors (Lipinski definition) is 1. The average molecular weight is 291 g/mol. The highest BCUT2D eigenvalue weighted by atomic mass is 19.1. The van der Waals surface area contributed by atoms with Crippen LogP contribution in [0.5, 0.6) is 0 Å². The highest BCUT2D eigenvalue weighted by Gasteiger charge is 2.38. The Labute approximate surface area is 127 Å². The Morgan fingerprint density at radius 3 is 2.24 bits per heavy atom. The molecule has 2 aliphatic rings. The molecular formula is C18H26FNO. The van der Waals surface area contributed by atoms with Crippen LogP contribution < -0.4 is 0 Å². The second-order valence-electron chi connectivity index (χ2n) is 6.77. The van der Waals surface area contributed by atoms with E-state index in [0.717, 1.165) is 31.2 Å². The lowest BCUT2D eigenvalue weighted by Crippen LogP contribution is -2.45. The van der Waals surface area contributed by atoms with Crippen molar-refractivity contribution < 1.29 is 9.50 Å². The third-order valence-corrected chi connectivity index (χ3v) is 5.58. The fourth-order valence-electron chi connectivity index (χ4n) is 4.15. The Bertz CT molecular complexity index is 445. The maximum absolute atomic E-state index is 13.1. The molecule has 1 aromatic rings. The van der Waals surface area contributed by atoms with Crippen LogP contribution in [0.15, 0.2) is 24.3 Å². The van der Waals surface area contributed by atoms with Crippen molar-refractivity contribution in [3.8, 4) is 0 Å². The standard InChI is InChI=1S/C18H26FNO/c19-16-6-4-15(5-7-16)18(14-21)10-8-17(9-11-18)20-12-2-1-3-13-20/h4-7,17,21H,1-3,8-14H2. The molecule has 0 bridgehead atoms. The van der Waals surface area contributed by atoms with Gasteiger partial charge in [-0.15, -0.1) is 0 Å². The molecule has 2 fully saturated rings. The maximum atomic E-state index is 13.1. The Morgan fingerprint density at radius 2 is 1.67 bits per heavy atom. The van der Waals surface area contributed by atoms with E-state index in [0.29, 0.717) is 6.04 Å². The molecule has 2 nitrogen and oxygen atoms in total. The normalized spacial score (nSPS) is 31.2. The third kappa shape index (κ3) is 3.14. The van der Waals surface area contributed by atoms with Crippen molar-refractivity contribution in [3.05, 3.63) is 35.6 Å². The second-order valence-corrected chi connectivity index (χ2v) is 6.77. The lowest BCUT2D eigenvalue weighted by Gasteiger charge is -2.44. The van der Waals surface area contributed by atoms with Crippen molar-refractivity contribution in [3.63, 3.8) is 0 Å². The van der Waals surface area contributed by atoms with Gasteiger partial charge in [-0.1, -0.05) is 18.6 Å². The first-order valence-corrected chi connectivity index (χ1v) is 8.34. The van der Waals surface area contributed by atoms with E-state index in [1.807, 2.05) is 12.1 Å². The number of aliphatic hydroxyl groups excluding tert-OH is 1. The summed E-state index contributed by atoms with van der Waals surface area (Å²) in [4.78, 5) is 2.65. The molecule has 1 aromatic carbocycles. The lowest BCUT2D eigenvalue weighted by atomic mass is 9.68. The summed E-state index contributed by atoms with van der Waals surface area (Å²) in [6.07, 6.45) is 8.36. The second kappa shape index (κ2) is 6.45. The molecule has 0 spiro atoms. The quantitative estimate of drug-likeness (QED) is 0.921. The van der Waals surface area contributed by atoms with E-state index >= 15 is 0 Å². The number of hydrogen-bond acceptors (Lipinski definition) is 2. The van der Waals surface area contributed by atoms with Crippen molar-refractivity contribution >= 4 is 0 Å². The molecular weight excluding hydrogens is 265 g/mol. The van der Waals surface area contributed by atoms with Crippen LogP contribution in [0.25, 0.3) is 0 Å². The van der Waals surface area contributed by atoms with Gasteiger partial charge in [-0.25, -0.2) is 4.39 Å². The predicted octanol–water partition coefficient (Wildman–Crippen LogP) is 3.48. The van der Waals surface area contributed by atoms with Gasteiger partial charge in [0.05, 0.1) is 6.61 Å². The van der Waals surface area contributed by atoms with Gasteiger partial charge < -0.3 is 10.0 Å². The molecule has 1 heterocycles. The van der Waals surface area contributed by atoms with Crippen molar-refractivity contribution in [1.82, 2.24) is 4.90 Å². The Balaban J connectivity index is 1.68. The van der Waals surface area contributed by atoms with Gasteiger partial charge in [0.2, 0.25) is 0 Å². The van der Waals surface area contributed by atoms with E-state index in [2.05, 4.69) is 4.90 Å². The number of halogens is 1. The largest absolute Gasteiger partial charge is 0.395 e. The van der Waals surface area contributed by atoms with Crippen molar-refractivity contribution in [2.45, 2.75) is 56.4 Å². The van der Waals surface area contributed by atoms with Gasteiger partial charge in [-0.3, -0.25) is 0 Å². The minimum absolute atomic E-state index is 0.153. The van der Waals surface area contributed by atoms with Gasteiger partial charge in [0.1, 0.15) is 5.82 Å². The summed E-state index contributed by atoms with van der Waals surface area (Å²) in [5, 5.41) is 9.95. The molecule has 3 heteroatoms. The summed E-state index contributed by atoms with van der Waals surface area (Å²) in [5.41, 5.74) is 0.948. The Kier molecular flexibility index (Phi) is 4.60. The first-order chi connectivity index (χ1) is 10.2. The number of aliphatic hydroxyl groups is 1. The molecule has 1 N–H and O–H groups in total. The van der Waals surface area contributed by atoms with Crippen molar-refractivity contribution in [1.29, 1.82) is 0 Å². The average Bonchev–Trinajstić information content (AvgIpc) is 2.56. The summed E-state index contributed by atoms with van der Waals surface area (Å²) in [6.45, 7) is 2.66. The van der Waals surface area contributed by atoms with E-state index in [-0.39, 0.29) is 17.8 Å². The Hall–Kier alpha value is -0.930. The molecule has 1 aliphatic heterocycles. The van der Waals surface area contributed by atoms with E-state index in [9.17, 15) is 9.50 Å². The van der Waals surface area contributed by atoms with Crippen LogP contribution in [-0.2, 0) is 5.41 Å². The fourth-order valence-corrected chi connectivity index (χ4v) is 4.15. The zero-order chi connectivity index (χ0) is 14.7. The van der Waals surface area contributed by atoms with Gasteiger partial charge in [0.25, 0.3) is 0 Å². The minimum atomic E-state index is -0.200. The summed E-state index contributed by atoms with van der Waals surface area (Å²) in [6, 6.07) is 7.43. The number of piperidine rings is 1. The molecule has 0 atom stereocenters. The van der Waals surface area contributed by atoms with Gasteiger partial charge >= 0.3 is 0 Å². The topological polar surface area (TPSA) is 23.5 Å². The predicted molar refractivity (Wildman–Crippen MR) is 82.8 cm³/mol. The first-order valence-electron chi connectivity index (χ1n) is 8.34. The minimum Gasteiger partial charge on any atom is -0.395 e. The van der Waals surface area contributed by atoms with Gasteiger partial charge in [0.15, 0.2) is 0 Å². The smallest absolute Gasteiger partial charge is 0.123 e. The Morgan fingerprint density at radius 1 is 1.05 bits per heavy atom. The van der Waals surface area contributed by atoms with E-state index in [4.69, 9.17) is 0 Å². The third-order valence-electron chi connectivity index (χ3n) is 5.58. The fraction of sp³-hybridized carbons (Fsp3) is 0.667. The van der Waals surface area contributed by atoms with Gasteiger partial charge in [-0.05, 0) is 69.3 Å². The zero-order valence-electron chi connectivity index (χ0n) is 12.7. The van der Waals surface area contributed by atoms with E-state index < -0.39 is 0 Å². The van der Waals surface area contributed by atoms with Crippen LogP contribution in [0, 0.1) is 5.82 Å². The lowest BCUT2D eigenvalue weighted by molar-refractivity contribution is 0.0776. The number of nitrogens with zero attached hydrogens (tertiary/aromatic N) is 1. The molecule has 0 radical (unpaired) electrons. The number of rotatable bonds is 3. The van der Waals surface area contributed by atoms with Gasteiger partial charge in [-0.2, -0.15) is 0 Å². The summed E-state index contributed by atoms with van der Waals surface area (Å²) in [5.74, 6) is -0.200. The first kappa shape index (κ1) is 15.0. The molecule has 0 aromatic heterocycles. The molecule has 21 heavy (non-hydrogen) atoms. The molecule has 1 saturated carbocycles.